The van der Waals surface area contributed by atoms with Gasteiger partial charge in [0.1, 0.15) is 0 Å². The summed E-state index contributed by atoms with van der Waals surface area (Å²) in [5.74, 6) is -1.97. The first-order valence-electron chi connectivity index (χ1n) is 20.8. The third-order valence-electron chi connectivity index (χ3n) is 11.7. The van der Waals surface area contributed by atoms with Crippen molar-refractivity contribution in [2.45, 2.75) is 92.2 Å². The summed E-state index contributed by atoms with van der Waals surface area (Å²) in [6.07, 6.45) is 0. The summed E-state index contributed by atoms with van der Waals surface area (Å²) < 4.78 is 0. The second-order valence-corrected chi connectivity index (χ2v) is 18.8. The Morgan fingerprint density at radius 2 is 0.578 bits per heavy atom. The molecule has 2 aliphatic rings. The van der Waals surface area contributed by atoms with E-state index in [0.29, 0.717) is 44.8 Å². The van der Waals surface area contributed by atoms with Crippen LogP contribution in [0.5, 0.6) is 0 Å². The molecule has 6 rings (SSSR count). The van der Waals surface area contributed by atoms with Crippen LogP contribution in [0, 0.1) is 140 Å². The van der Waals surface area contributed by atoms with Crippen molar-refractivity contribution in [3.05, 3.63) is 153 Å². The van der Waals surface area contributed by atoms with Crippen LogP contribution in [0.1, 0.15) is 97.9 Å². The normalized spacial score (nSPS) is 18.7. The van der Waals surface area contributed by atoms with Crippen molar-refractivity contribution >= 4 is 11.1 Å². The molecule has 2 atom stereocenters. The number of allylic oxidation sites excluding steroid dienone is 4. The molecule has 0 amide bonds. The smallest absolute Gasteiger partial charge is 0.192 e. The monoisotopic (exact) mass is 838 g/mol. The van der Waals surface area contributed by atoms with Gasteiger partial charge < -0.3 is 10.6 Å². The maximum absolute atomic E-state index is 10.5. The fourth-order valence-corrected chi connectivity index (χ4v) is 8.85. The number of rotatable bonds is 6. The number of hydrogen-bond acceptors (Lipinski definition) is 10. The third-order valence-corrected chi connectivity index (χ3v) is 11.7. The van der Waals surface area contributed by atoms with Gasteiger partial charge >= 0.3 is 0 Å². The van der Waals surface area contributed by atoms with Crippen LogP contribution in [0.2, 0.25) is 0 Å². The average molecular weight is 839 g/mol. The van der Waals surface area contributed by atoms with Gasteiger partial charge in [0, 0.05) is 22.2 Å². The van der Waals surface area contributed by atoms with E-state index >= 15 is 0 Å². The van der Waals surface area contributed by atoms with Gasteiger partial charge in [0.2, 0.25) is 0 Å². The molecule has 64 heavy (non-hydrogen) atoms. The molecule has 0 saturated carbocycles. The largest absolute Gasteiger partial charge is 0.381 e. The molecule has 0 unspecified atom stereocenters. The minimum atomic E-state index is -1.74. The number of nitrogens with zero attached hydrogens (tertiary/aromatic N) is 8. The van der Waals surface area contributed by atoms with Crippen molar-refractivity contribution < 1.29 is 0 Å². The predicted molar refractivity (Wildman–Crippen MR) is 244 cm³/mol. The Morgan fingerprint density at radius 3 is 0.781 bits per heavy atom. The summed E-state index contributed by atoms with van der Waals surface area (Å²) in [6, 6.07) is 47.4. The average Bonchev–Trinajstić information content (AvgIpc) is 3.65. The number of aryl methyl sites for hydroxylation is 4. The fraction of sp³-hybridized carbons (Fsp3) is 0.333. The summed E-state index contributed by atoms with van der Waals surface area (Å²) in [7, 11) is 0. The van der Waals surface area contributed by atoms with E-state index in [4.69, 9.17) is 0 Å². The Bertz CT molecular complexity index is 2610. The molecular formula is C54H50N10. The van der Waals surface area contributed by atoms with Gasteiger partial charge in [-0.25, -0.2) is 0 Å². The van der Waals surface area contributed by atoms with Crippen LogP contribution in [0.25, 0.3) is 11.1 Å². The maximum atomic E-state index is 10.5. The second-order valence-electron chi connectivity index (χ2n) is 18.8. The zero-order valence-corrected chi connectivity index (χ0v) is 38.0. The van der Waals surface area contributed by atoms with Crippen molar-refractivity contribution in [3.63, 3.8) is 0 Å². The summed E-state index contributed by atoms with van der Waals surface area (Å²) in [5, 5.41) is 90.3. The molecule has 0 spiro atoms. The molecule has 0 heterocycles. The first kappa shape index (κ1) is 46.9. The second kappa shape index (κ2) is 17.3. The van der Waals surface area contributed by atoms with Gasteiger partial charge in [-0.2, -0.15) is 42.1 Å². The van der Waals surface area contributed by atoms with Gasteiger partial charge in [-0.3, -0.25) is 0 Å². The van der Waals surface area contributed by atoms with Crippen LogP contribution in [-0.2, 0) is 0 Å². The van der Waals surface area contributed by atoms with Gasteiger partial charge in [-0.1, -0.05) is 119 Å². The van der Waals surface area contributed by atoms with Crippen molar-refractivity contribution in [1.29, 1.82) is 42.1 Å². The van der Waals surface area contributed by atoms with Crippen molar-refractivity contribution in [2.24, 2.45) is 21.7 Å². The summed E-state index contributed by atoms with van der Waals surface area (Å²) in [6.45, 7) is 19.3. The molecule has 2 N–H and O–H groups in total. The SMILES string of the molecule is Cc1ccc(C2=C(NC(C)(C)C)C(C#N)(C#N)[C@@H](c3ccc(C)cc3)C2(C#N)C#N)cc1.Cc1ccc(C2=C(NC(C)(C)C)C(C#N)(C#N)[C@H](c3ccc(C)cc3)C2(C#N)C#N)cc1. The Morgan fingerprint density at radius 1 is 0.359 bits per heavy atom. The molecule has 316 valence electrons. The van der Waals surface area contributed by atoms with Crippen molar-refractivity contribution in [1.82, 2.24) is 10.6 Å². The number of nitriles is 8. The van der Waals surface area contributed by atoms with Crippen LogP contribution in [-0.4, -0.2) is 11.1 Å². The third kappa shape index (κ3) is 7.93. The fourth-order valence-electron chi connectivity index (χ4n) is 8.85. The molecule has 0 radical (unpaired) electrons. The lowest BCUT2D eigenvalue weighted by Crippen LogP contribution is -2.42. The molecule has 4 aromatic carbocycles. The van der Waals surface area contributed by atoms with E-state index in [0.717, 1.165) is 22.3 Å². The van der Waals surface area contributed by atoms with E-state index < -0.39 is 44.6 Å². The van der Waals surface area contributed by atoms with Crippen LogP contribution in [0.15, 0.2) is 108 Å². The molecule has 0 bridgehead atoms. The maximum Gasteiger partial charge on any atom is 0.192 e. The standard InChI is InChI=1S/2C27H25N5/c2*1-18-6-10-20(11-7-18)22-24(32-25(3,4)5)27(16-30,17-31)23(26(22,14-28)15-29)21-12-8-19(2)9-13-21/h2*6-13,23,32H,1-5H3/t2*23-/m10/s1. The first-order chi connectivity index (χ1) is 30.2. The molecule has 2 aliphatic carbocycles. The van der Waals surface area contributed by atoms with Crippen molar-refractivity contribution in [3.8, 4) is 48.6 Å². The molecule has 10 heteroatoms. The highest BCUT2D eigenvalue weighted by Crippen LogP contribution is 2.65. The number of hydrogen-bond donors (Lipinski definition) is 2. The highest BCUT2D eigenvalue weighted by molar-refractivity contribution is 5.87. The molecule has 10 nitrogen and oxygen atoms in total. The highest BCUT2D eigenvalue weighted by atomic mass is 15.0. The van der Waals surface area contributed by atoms with Crippen LogP contribution < -0.4 is 10.6 Å². The zero-order chi connectivity index (χ0) is 47.5. The van der Waals surface area contributed by atoms with E-state index in [1.165, 1.54) is 0 Å². The lowest BCUT2D eigenvalue weighted by molar-refractivity contribution is 0.373. The lowest BCUT2D eigenvalue weighted by Gasteiger charge is -2.32. The van der Waals surface area contributed by atoms with Gasteiger partial charge in [0.05, 0.1) is 71.8 Å². The molecule has 0 saturated heterocycles. The van der Waals surface area contributed by atoms with E-state index in [1.807, 2.05) is 142 Å². The zero-order valence-electron chi connectivity index (χ0n) is 38.0. The van der Waals surface area contributed by atoms with Crippen LogP contribution >= 0.6 is 0 Å². The van der Waals surface area contributed by atoms with E-state index in [-0.39, 0.29) is 0 Å². The Balaban J connectivity index is 0.000000241. The van der Waals surface area contributed by atoms with E-state index in [9.17, 15) is 42.1 Å². The highest BCUT2D eigenvalue weighted by Gasteiger charge is 2.67. The minimum absolute atomic E-state index is 0.326. The molecular weight excluding hydrogens is 789 g/mol. The predicted octanol–water partition coefficient (Wildman–Crippen LogP) is 10.5. The van der Waals surface area contributed by atoms with Gasteiger partial charge in [-0.05, 0) is 91.5 Å². The first-order valence-corrected chi connectivity index (χ1v) is 20.8. The molecule has 0 fully saturated rings. The van der Waals surface area contributed by atoms with E-state index in [2.05, 4.69) is 59.2 Å². The Kier molecular flexibility index (Phi) is 12.7. The van der Waals surface area contributed by atoms with Gasteiger partial charge in [0.25, 0.3) is 0 Å². The molecule has 4 aromatic rings. The summed E-state index contributed by atoms with van der Waals surface area (Å²) in [5.41, 5.74) is 0.0485. The van der Waals surface area contributed by atoms with Crippen LogP contribution in [0.4, 0.5) is 0 Å². The van der Waals surface area contributed by atoms with Crippen LogP contribution in [0.3, 0.4) is 0 Å². The van der Waals surface area contributed by atoms with Crippen molar-refractivity contribution in [2.75, 3.05) is 0 Å². The Hall–Kier alpha value is -8.12. The number of nitrogens with one attached hydrogen (secondary N) is 2. The van der Waals surface area contributed by atoms with Gasteiger partial charge in [0.15, 0.2) is 21.7 Å². The quantitative estimate of drug-likeness (QED) is 0.187. The Labute approximate surface area is 377 Å². The summed E-state index contributed by atoms with van der Waals surface area (Å²) >= 11 is 0. The van der Waals surface area contributed by atoms with Gasteiger partial charge in [-0.15, -0.1) is 0 Å². The topological polar surface area (TPSA) is 214 Å². The molecule has 0 aliphatic heterocycles. The van der Waals surface area contributed by atoms with E-state index in [1.54, 1.807) is 24.3 Å². The minimum Gasteiger partial charge on any atom is -0.381 e. The molecule has 0 aromatic heterocycles. The number of benzene rings is 4. The summed E-state index contributed by atoms with van der Waals surface area (Å²) in [4.78, 5) is 0. The lowest BCUT2D eigenvalue weighted by atomic mass is 9.64.